The summed E-state index contributed by atoms with van der Waals surface area (Å²) < 4.78 is 5.26. The molecule has 1 saturated carbocycles. The van der Waals surface area contributed by atoms with Gasteiger partial charge in [-0.2, -0.15) is 0 Å². The lowest BCUT2D eigenvalue weighted by Crippen LogP contribution is -2.35. The standard InChI is InChI=1S/C21H19Cl2N3O3S/c1-29-17-5-3-2-4-16(17)25-19(27)11-18-20(28)26(13-7-8-13)21(30-18)24-12-6-9-14(22)15(23)10-12/h2-6,9-10,13,18H,7-8,11H2,1H3,(H,25,27). The Labute approximate surface area is 188 Å². The molecule has 0 radical (unpaired) electrons. The van der Waals surface area contributed by atoms with Crippen molar-refractivity contribution in [3.63, 3.8) is 0 Å². The van der Waals surface area contributed by atoms with Crippen molar-refractivity contribution < 1.29 is 14.3 Å². The van der Waals surface area contributed by atoms with Gasteiger partial charge in [0, 0.05) is 12.5 Å². The van der Waals surface area contributed by atoms with Gasteiger partial charge in [0.1, 0.15) is 11.0 Å². The Morgan fingerprint density at radius 1 is 1.23 bits per heavy atom. The van der Waals surface area contributed by atoms with E-state index in [1.807, 2.05) is 12.1 Å². The molecular weight excluding hydrogens is 445 g/mol. The van der Waals surface area contributed by atoms with Crippen LogP contribution in [0.15, 0.2) is 47.5 Å². The Balaban J connectivity index is 1.50. The number of methoxy groups -OCH3 is 1. The molecule has 2 aromatic carbocycles. The van der Waals surface area contributed by atoms with Crippen LogP contribution in [-0.2, 0) is 9.59 Å². The van der Waals surface area contributed by atoms with Crippen LogP contribution in [0, 0.1) is 0 Å². The number of halogens is 2. The number of nitrogens with one attached hydrogen (secondary N) is 1. The maximum Gasteiger partial charge on any atom is 0.242 e. The summed E-state index contributed by atoms with van der Waals surface area (Å²) in [5, 5.41) is 3.74. The molecule has 30 heavy (non-hydrogen) atoms. The Bertz CT molecular complexity index is 1030. The summed E-state index contributed by atoms with van der Waals surface area (Å²) in [7, 11) is 1.54. The van der Waals surface area contributed by atoms with Crippen LogP contribution in [0.1, 0.15) is 19.3 Å². The first-order valence-corrected chi connectivity index (χ1v) is 11.1. The predicted molar refractivity (Wildman–Crippen MR) is 121 cm³/mol. The van der Waals surface area contributed by atoms with Gasteiger partial charge in [-0.3, -0.25) is 14.5 Å². The van der Waals surface area contributed by atoms with Crippen molar-refractivity contribution in [3.05, 3.63) is 52.5 Å². The number of hydrogen-bond acceptors (Lipinski definition) is 5. The van der Waals surface area contributed by atoms with Gasteiger partial charge in [0.25, 0.3) is 0 Å². The molecule has 9 heteroatoms. The maximum atomic E-state index is 13.0. The number of amidine groups is 1. The zero-order chi connectivity index (χ0) is 21.3. The van der Waals surface area contributed by atoms with Crippen molar-refractivity contribution in [2.75, 3.05) is 12.4 Å². The fourth-order valence-electron chi connectivity index (χ4n) is 3.14. The molecule has 2 aromatic rings. The lowest BCUT2D eigenvalue weighted by Gasteiger charge is -2.15. The third-order valence-electron chi connectivity index (χ3n) is 4.76. The average molecular weight is 464 g/mol. The highest BCUT2D eigenvalue weighted by atomic mass is 35.5. The number of nitrogens with zero attached hydrogens (tertiary/aromatic N) is 2. The minimum absolute atomic E-state index is 0.0468. The van der Waals surface area contributed by atoms with Gasteiger partial charge in [-0.1, -0.05) is 47.1 Å². The monoisotopic (exact) mass is 463 g/mol. The van der Waals surface area contributed by atoms with E-state index in [0.29, 0.717) is 32.3 Å². The summed E-state index contributed by atoms with van der Waals surface area (Å²) in [6.07, 6.45) is 1.92. The lowest BCUT2D eigenvalue weighted by atomic mass is 10.2. The van der Waals surface area contributed by atoms with Crippen molar-refractivity contribution >= 4 is 63.3 Å². The molecule has 2 aliphatic rings. The minimum atomic E-state index is -0.526. The molecule has 1 aliphatic heterocycles. The minimum Gasteiger partial charge on any atom is -0.495 e. The second-order valence-electron chi connectivity index (χ2n) is 6.99. The van der Waals surface area contributed by atoms with E-state index in [-0.39, 0.29) is 24.3 Å². The summed E-state index contributed by atoms with van der Waals surface area (Å²) >= 11 is 13.4. The van der Waals surface area contributed by atoms with Gasteiger partial charge in [-0.25, -0.2) is 4.99 Å². The molecular formula is C21H19Cl2N3O3S. The highest BCUT2D eigenvalue weighted by Gasteiger charge is 2.46. The molecule has 0 bridgehead atoms. The topological polar surface area (TPSA) is 71.0 Å². The van der Waals surface area contributed by atoms with E-state index >= 15 is 0 Å². The Morgan fingerprint density at radius 2 is 2.00 bits per heavy atom. The number of thioether (sulfide) groups is 1. The molecule has 1 atom stereocenters. The van der Waals surface area contributed by atoms with Crippen molar-refractivity contribution in [2.24, 2.45) is 4.99 Å². The average Bonchev–Trinajstić information content (AvgIpc) is 3.51. The number of aliphatic imine (C=N–C) groups is 1. The number of anilines is 1. The highest BCUT2D eigenvalue weighted by Crippen LogP contribution is 2.40. The SMILES string of the molecule is COc1ccccc1NC(=O)CC1SC(=Nc2ccc(Cl)c(Cl)c2)N(C2CC2)C1=O. The van der Waals surface area contributed by atoms with Crippen LogP contribution in [0.4, 0.5) is 11.4 Å². The van der Waals surface area contributed by atoms with Crippen LogP contribution in [0.3, 0.4) is 0 Å². The van der Waals surface area contributed by atoms with Gasteiger partial charge >= 0.3 is 0 Å². The zero-order valence-electron chi connectivity index (χ0n) is 16.1. The quantitative estimate of drug-likeness (QED) is 0.644. The largest absolute Gasteiger partial charge is 0.495 e. The number of rotatable bonds is 6. The smallest absolute Gasteiger partial charge is 0.242 e. The number of carbonyl (C=O) groups is 2. The van der Waals surface area contributed by atoms with Gasteiger partial charge in [0.05, 0.1) is 28.5 Å². The second-order valence-corrected chi connectivity index (χ2v) is 8.98. The van der Waals surface area contributed by atoms with Crippen molar-refractivity contribution in [1.82, 2.24) is 4.90 Å². The summed E-state index contributed by atoms with van der Waals surface area (Å²) in [5.74, 6) is 0.228. The number of amides is 2. The van der Waals surface area contributed by atoms with E-state index in [1.54, 1.807) is 42.3 Å². The molecule has 2 amide bonds. The molecule has 4 rings (SSSR count). The van der Waals surface area contributed by atoms with Crippen LogP contribution in [0.5, 0.6) is 5.75 Å². The molecule has 1 unspecified atom stereocenters. The first kappa shape index (κ1) is 21.0. The van der Waals surface area contributed by atoms with Crippen LogP contribution in [0.2, 0.25) is 10.0 Å². The van der Waals surface area contributed by atoms with E-state index in [1.165, 1.54) is 11.8 Å². The second kappa shape index (κ2) is 8.88. The molecule has 1 N–H and O–H groups in total. The van der Waals surface area contributed by atoms with Crippen LogP contribution in [0.25, 0.3) is 0 Å². The molecule has 0 spiro atoms. The summed E-state index contributed by atoms with van der Waals surface area (Å²) in [5.41, 5.74) is 1.19. The van der Waals surface area contributed by atoms with Crippen LogP contribution < -0.4 is 10.1 Å². The normalized spacial score (nSPS) is 20.0. The predicted octanol–water partition coefficient (Wildman–Crippen LogP) is 5.12. The van der Waals surface area contributed by atoms with E-state index in [0.717, 1.165) is 12.8 Å². The molecule has 1 saturated heterocycles. The van der Waals surface area contributed by atoms with Gasteiger partial charge in [-0.05, 0) is 43.2 Å². The fraction of sp³-hybridized carbons (Fsp3) is 0.286. The number of hydrogen-bond donors (Lipinski definition) is 1. The molecule has 156 valence electrons. The number of ether oxygens (including phenoxy) is 1. The first-order valence-electron chi connectivity index (χ1n) is 9.42. The maximum absolute atomic E-state index is 13.0. The summed E-state index contributed by atoms with van der Waals surface area (Å²) in [6, 6.07) is 12.4. The van der Waals surface area contributed by atoms with Crippen LogP contribution in [-0.4, -0.2) is 40.3 Å². The highest BCUT2D eigenvalue weighted by molar-refractivity contribution is 8.15. The number of carbonyl (C=O) groups excluding carboxylic acids is 2. The third-order valence-corrected chi connectivity index (χ3v) is 6.65. The van der Waals surface area contributed by atoms with Gasteiger partial charge < -0.3 is 10.1 Å². The van der Waals surface area contributed by atoms with E-state index in [2.05, 4.69) is 10.3 Å². The number of para-hydroxylation sites is 2. The molecule has 2 fully saturated rings. The molecule has 1 heterocycles. The summed E-state index contributed by atoms with van der Waals surface area (Å²) in [4.78, 5) is 31.9. The Kier molecular flexibility index (Phi) is 6.22. The van der Waals surface area contributed by atoms with Gasteiger partial charge in [-0.15, -0.1) is 0 Å². The lowest BCUT2D eigenvalue weighted by molar-refractivity contribution is -0.128. The molecule has 0 aromatic heterocycles. The Hall–Kier alpha value is -2.22. The zero-order valence-corrected chi connectivity index (χ0v) is 18.4. The van der Waals surface area contributed by atoms with Gasteiger partial charge in [0.2, 0.25) is 11.8 Å². The van der Waals surface area contributed by atoms with Gasteiger partial charge in [0.15, 0.2) is 5.17 Å². The van der Waals surface area contributed by atoms with E-state index in [9.17, 15) is 9.59 Å². The molecule has 6 nitrogen and oxygen atoms in total. The van der Waals surface area contributed by atoms with Crippen molar-refractivity contribution in [2.45, 2.75) is 30.6 Å². The number of benzene rings is 2. The van der Waals surface area contributed by atoms with Crippen molar-refractivity contribution in [3.8, 4) is 5.75 Å². The molecule has 1 aliphatic carbocycles. The van der Waals surface area contributed by atoms with E-state index < -0.39 is 5.25 Å². The Morgan fingerprint density at radius 3 is 2.70 bits per heavy atom. The van der Waals surface area contributed by atoms with E-state index in [4.69, 9.17) is 27.9 Å². The summed E-state index contributed by atoms with van der Waals surface area (Å²) in [6.45, 7) is 0. The van der Waals surface area contributed by atoms with Crippen molar-refractivity contribution in [1.29, 1.82) is 0 Å². The fourth-order valence-corrected chi connectivity index (χ4v) is 4.65. The van der Waals surface area contributed by atoms with Crippen LogP contribution >= 0.6 is 35.0 Å². The first-order chi connectivity index (χ1) is 14.5. The third kappa shape index (κ3) is 4.58.